The summed E-state index contributed by atoms with van der Waals surface area (Å²) in [6, 6.07) is 0.523. The van der Waals surface area contributed by atoms with E-state index in [-0.39, 0.29) is 24.0 Å². The standard InChI is InChI=1S/C22H44N4O3.HI/c1-4-20(5-2)21(26-10-15-28-16-11-26)17-25-22(23-3)24-9-6-12-29-18-19-7-13-27-14-8-19;/h19-21H,4-18H2,1-3H3,(H2,23,24,25);1H. The van der Waals surface area contributed by atoms with Gasteiger partial charge >= 0.3 is 0 Å². The summed E-state index contributed by atoms with van der Waals surface area (Å²) < 4.78 is 16.8. The Morgan fingerprint density at radius 2 is 1.73 bits per heavy atom. The zero-order valence-electron chi connectivity index (χ0n) is 19.4. The molecule has 178 valence electrons. The molecule has 0 aromatic rings. The van der Waals surface area contributed by atoms with Crippen LogP contribution in [0.2, 0.25) is 0 Å². The molecule has 0 aromatic carbocycles. The van der Waals surface area contributed by atoms with Crippen molar-refractivity contribution in [1.29, 1.82) is 0 Å². The zero-order valence-corrected chi connectivity index (χ0v) is 21.7. The molecule has 30 heavy (non-hydrogen) atoms. The van der Waals surface area contributed by atoms with Gasteiger partial charge in [0.15, 0.2) is 5.96 Å². The number of hydrogen-bond acceptors (Lipinski definition) is 5. The van der Waals surface area contributed by atoms with E-state index < -0.39 is 0 Å². The first-order valence-electron chi connectivity index (χ1n) is 11.7. The van der Waals surface area contributed by atoms with Gasteiger partial charge in [0.2, 0.25) is 0 Å². The van der Waals surface area contributed by atoms with E-state index in [1.165, 1.54) is 12.8 Å². The molecular formula is C22H45IN4O3. The number of nitrogens with zero attached hydrogens (tertiary/aromatic N) is 2. The third-order valence-electron chi connectivity index (χ3n) is 6.26. The topological polar surface area (TPSA) is 67.4 Å². The Morgan fingerprint density at radius 3 is 2.37 bits per heavy atom. The molecule has 2 aliphatic rings. The Kier molecular flexibility index (Phi) is 16.2. The predicted molar refractivity (Wildman–Crippen MR) is 134 cm³/mol. The number of rotatable bonds is 12. The van der Waals surface area contributed by atoms with Crippen molar-refractivity contribution in [2.75, 3.05) is 72.9 Å². The lowest BCUT2D eigenvalue weighted by Crippen LogP contribution is -2.53. The summed E-state index contributed by atoms with van der Waals surface area (Å²) in [5, 5.41) is 7.00. The number of guanidine groups is 1. The fourth-order valence-electron chi connectivity index (χ4n) is 4.30. The van der Waals surface area contributed by atoms with Crippen molar-refractivity contribution in [2.24, 2.45) is 16.8 Å². The van der Waals surface area contributed by atoms with Gasteiger partial charge < -0.3 is 24.8 Å². The van der Waals surface area contributed by atoms with Crippen LogP contribution in [0.3, 0.4) is 0 Å². The van der Waals surface area contributed by atoms with E-state index in [0.717, 1.165) is 91.0 Å². The quantitative estimate of drug-likeness (QED) is 0.172. The van der Waals surface area contributed by atoms with Crippen LogP contribution in [0.15, 0.2) is 4.99 Å². The summed E-state index contributed by atoms with van der Waals surface area (Å²) in [4.78, 5) is 6.99. The zero-order chi connectivity index (χ0) is 20.7. The van der Waals surface area contributed by atoms with E-state index in [2.05, 4.69) is 34.4 Å². The van der Waals surface area contributed by atoms with Gasteiger partial charge in [-0.3, -0.25) is 9.89 Å². The monoisotopic (exact) mass is 540 g/mol. The van der Waals surface area contributed by atoms with Gasteiger partial charge in [0.25, 0.3) is 0 Å². The molecule has 2 heterocycles. The van der Waals surface area contributed by atoms with Crippen LogP contribution in [0.1, 0.15) is 46.0 Å². The van der Waals surface area contributed by atoms with Crippen molar-refractivity contribution in [3.8, 4) is 0 Å². The highest BCUT2D eigenvalue weighted by Crippen LogP contribution is 2.19. The van der Waals surface area contributed by atoms with Crippen molar-refractivity contribution in [1.82, 2.24) is 15.5 Å². The second-order valence-corrected chi connectivity index (χ2v) is 8.16. The van der Waals surface area contributed by atoms with Gasteiger partial charge in [-0.05, 0) is 31.1 Å². The Morgan fingerprint density at radius 1 is 1.07 bits per heavy atom. The summed E-state index contributed by atoms with van der Waals surface area (Å²) >= 11 is 0. The molecule has 1 unspecified atom stereocenters. The van der Waals surface area contributed by atoms with Gasteiger partial charge in [0.05, 0.1) is 13.2 Å². The summed E-state index contributed by atoms with van der Waals surface area (Å²) in [5.74, 6) is 2.25. The van der Waals surface area contributed by atoms with Crippen LogP contribution < -0.4 is 10.6 Å². The lowest BCUT2D eigenvalue weighted by molar-refractivity contribution is 0.00271. The summed E-state index contributed by atoms with van der Waals surface area (Å²) in [7, 11) is 1.85. The maximum Gasteiger partial charge on any atom is 0.191 e. The van der Waals surface area contributed by atoms with Crippen molar-refractivity contribution < 1.29 is 14.2 Å². The fraction of sp³-hybridized carbons (Fsp3) is 0.955. The smallest absolute Gasteiger partial charge is 0.191 e. The van der Waals surface area contributed by atoms with Gasteiger partial charge in [0.1, 0.15) is 0 Å². The Hall–Kier alpha value is -0.160. The molecule has 2 aliphatic heterocycles. The van der Waals surface area contributed by atoms with Gasteiger partial charge in [-0.1, -0.05) is 26.7 Å². The number of nitrogens with one attached hydrogen (secondary N) is 2. The van der Waals surface area contributed by atoms with E-state index in [1.807, 2.05) is 7.05 Å². The van der Waals surface area contributed by atoms with E-state index in [4.69, 9.17) is 14.2 Å². The molecule has 0 aliphatic carbocycles. The van der Waals surface area contributed by atoms with Gasteiger partial charge in [-0.15, -0.1) is 24.0 Å². The minimum absolute atomic E-state index is 0. The molecule has 0 aromatic heterocycles. The van der Waals surface area contributed by atoms with Crippen molar-refractivity contribution in [3.05, 3.63) is 0 Å². The van der Waals surface area contributed by atoms with Crippen LogP contribution in [0.5, 0.6) is 0 Å². The SMILES string of the molecule is CCC(CC)C(CNC(=NC)NCCCOCC1CCOCC1)N1CCOCC1.I. The van der Waals surface area contributed by atoms with E-state index in [1.54, 1.807) is 0 Å². The molecule has 2 fully saturated rings. The van der Waals surface area contributed by atoms with Crippen molar-refractivity contribution in [3.63, 3.8) is 0 Å². The Balaban J connectivity index is 0.00000450. The van der Waals surface area contributed by atoms with Crippen LogP contribution >= 0.6 is 24.0 Å². The molecule has 1 atom stereocenters. The van der Waals surface area contributed by atoms with Gasteiger partial charge in [-0.25, -0.2) is 0 Å². The second-order valence-electron chi connectivity index (χ2n) is 8.16. The fourth-order valence-corrected chi connectivity index (χ4v) is 4.30. The molecule has 2 N–H and O–H groups in total. The predicted octanol–water partition coefficient (Wildman–Crippen LogP) is 2.74. The lowest BCUT2D eigenvalue weighted by Gasteiger charge is -2.39. The number of hydrogen-bond donors (Lipinski definition) is 2. The average Bonchev–Trinajstić information content (AvgIpc) is 2.78. The lowest BCUT2D eigenvalue weighted by atomic mass is 9.92. The summed E-state index contributed by atoms with van der Waals surface area (Å²) in [5.41, 5.74) is 0. The summed E-state index contributed by atoms with van der Waals surface area (Å²) in [6.45, 7) is 13.6. The molecular weight excluding hydrogens is 495 g/mol. The van der Waals surface area contributed by atoms with E-state index >= 15 is 0 Å². The van der Waals surface area contributed by atoms with Crippen LogP contribution in [0.4, 0.5) is 0 Å². The highest BCUT2D eigenvalue weighted by atomic mass is 127. The maximum atomic E-state index is 5.85. The molecule has 0 amide bonds. The van der Waals surface area contributed by atoms with Crippen molar-refractivity contribution in [2.45, 2.75) is 52.0 Å². The number of morpholine rings is 1. The molecule has 8 heteroatoms. The van der Waals surface area contributed by atoms with Crippen LogP contribution in [0.25, 0.3) is 0 Å². The number of halogens is 1. The third kappa shape index (κ3) is 10.4. The highest BCUT2D eigenvalue weighted by molar-refractivity contribution is 14.0. The first-order valence-corrected chi connectivity index (χ1v) is 11.7. The molecule has 0 spiro atoms. The third-order valence-corrected chi connectivity index (χ3v) is 6.26. The second kappa shape index (κ2) is 17.4. The van der Waals surface area contributed by atoms with Gasteiger partial charge in [-0.2, -0.15) is 0 Å². The molecule has 0 bridgehead atoms. The average molecular weight is 541 g/mol. The van der Waals surface area contributed by atoms with Gasteiger partial charge in [0, 0.05) is 65.7 Å². The minimum atomic E-state index is 0. The molecule has 7 nitrogen and oxygen atoms in total. The van der Waals surface area contributed by atoms with Crippen LogP contribution in [-0.2, 0) is 14.2 Å². The molecule has 0 radical (unpaired) electrons. The van der Waals surface area contributed by atoms with E-state index in [9.17, 15) is 0 Å². The Labute approximate surface area is 201 Å². The molecule has 0 saturated carbocycles. The largest absolute Gasteiger partial charge is 0.381 e. The summed E-state index contributed by atoms with van der Waals surface area (Å²) in [6.07, 6.45) is 5.67. The van der Waals surface area contributed by atoms with Crippen molar-refractivity contribution >= 4 is 29.9 Å². The van der Waals surface area contributed by atoms with E-state index in [0.29, 0.717) is 17.9 Å². The Bertz CT molecular complexity index is 440. The van der Waals surface area contributed by atoms with Crippen LogP contribution in [-0.4, -0.2) is 89.8 Å². The first-order chi connectivity index (χ1) is 14.3. The molecule has 2 rings (SSSR count). The molecule has 2 saturated heterocycles. The minimum Gasteiger partial charge on any atom is -0.381 e. The number of ether oxygens (including phenoxy) is 3. The first kappa shape index (κ1) is 27.9. The number of aliphatic imine (C=N–C) groups is 1. The highest BCUT2D eigenvalue weighted by Gasteiger charge is 2.27. The van der Waals surface area contributed by atoms with Crippen LogP contribution in [0, 0.1) is 11.8 Å². The maximum absolute atomic E-state index is 5.85. The normalized spacial score (nSPS) is 20.1.